The molecule has 1 aliphatic rings. The van der Waals surface area contributed by atoms with E-state index in [1.165, 1.54) is 32.1 Å². The Morgan fingerprint density at radius 2 is 1.68 bits per heavy atom. The first-order valence-corrected chi connectivity index (χ1v) is 11.7. The molecule has 3 rings (SSSR count). The highest BCUT2D eigenvalue weighted by molar-refractivity contribution is 7.91. The first kappa shape index (κ1) is 21.0. The Hall–Kier alpha value is -1.69. The van der Waals surface area contributed by atoms with Crippen molar-refractivity contribution in [1.29, 1.82) is 0 Å². The molecule has 1 saturated heterocycles. The molecule has 0 spiro atoms. The summed E-state index contributed by atoms with van der Waals surface area (Å²) in [5.74, 6) is -0.00677. The molecule has 28 heavy (non-hydrogen) atoms. The van der Waals surface area contributed by atoms with Crippen LogP contribution in [0.1, 0.15) is 32.3 Å². The number of rotatable bonds is 8. The molecule has 152 valence electrons. The maximum absolute atomic E-state index is 12.4. The summed E-state index contributed by atoms with van der Waals surface area (Å²) >= 11 is 0. The van der Waals surface area contributed by atoms with Crippen molar-refractivity contribution in [1.82, 2.24) is 4.90 Å². The van der Waals surface area contributed by atoms with E-state index in [9.17, 15) is 8.42 Å². The predicted molar refractivity (Wildman–Crippen MR) is 114 cm³/mol. The minimum absolute atomic E-state index is 0.00677. The SMILES string of the molecule is COC(C)CS(=O)(=O)c1ccc(-c2ccc(CCN3CCCC3C)cc2)cc1. The van der Waals surface area contributed by atoms with Crippen LogP contribution in [0.2, 0.25) is 0 Å². The first-order chi connectivity index (χ1) is 13.4. The zero-order valence-corrected chi connectivity index (χ0v) is 17.9. The minimum Gasteiger partial charge on any atom is -0.381 e. The van der Waals surface area contributed by atoms with Crippen molar-refractivity contribution in [3.8, 4) is 11.1 Å². The molecule has 0 saturated carbocycles. The van der Waals surface area contributed by atoms with Crippen molar-refractivity contribution >= 4 is 9.84 Å². The van der Waals surface area contributed by atoms with Gasteiger partial charge in [-0.2, -0.15) is 0 Å². The zero-order chi connectivity index (χ0) is 20.1. The van der Waals surface area contributed by atoms with Crippen molar-refractivity contribution in [3.05, 3.63) is 54.1 Å². The van der Waals surface area contributed by atoms with E-state index in [1.54, 1.807) is 19.1 Å². The van der Waals surface area contributed by atoms with E-state index in [0.29, 0.717) is 10.9 Å². The van der Waals surface area contributed by atoms with E-state index in [4.69, 9.17) is 4.74 Å². The Morgan fingerprint density at radius 3 is 2.21 bits per heavy atom. The third-order valence-electron chi connectivity index (χ3n) is 5.74. The summed E-state index contributed by atoms with van der Waals surface area (Å²) in [6.07, 6.45) is 3.38. The minimum atomic E-state index is -3.33. The summed E-state index contributed by atoms with van der Waals surface area (Å²) in [4.78, 5) is 2.91. The fourth-order valence-electron chi connectivity index (χ4n) is 3.79. The number of hydrogen-bond donors (Lipinski definition) is 0. The van der Waals surface area contributed by atoms with Crippen LogP contribution >= 0.6 is 0 Å². The second-order valence-electron chi connectivity index (χ2n) is 7.83. The van der Waals surface area contributed by atoms with Gasteiger partial charge in [0, 0.05) is 19.7 Å². The third-order valence-corrected chi connectivity index (χ3v) is 7.63. The molecule has 1 fully saturated rings. The van der Waals surface area contributed by atoms with Crippen LogP contribution in [0.25, 0.3) is 11.1 Å². The molecule has 0 radical (unpaired) electrons. The highest BCUT2D eigenvalue weighted by Gasteiger charge is 2.20. The maximum atomic E-state index is 12.4. The van der Waals surface area contributed by atoms with Gasteiger partial charge in [0.25, 0.3) is 0 Å². The van der Waals surface area contributed by atoms with E-state index < -0.39 is 9.84 Å². The number of nitrogens with zero attached hydrogens (tertiary/aromatic N) is 1. The van der Waals surface area contributed by atoms with Crippen LogP contribution < -0.4 is 0 Å². The molecule has 2 atom stereocenters. The van der Waals surface area contributed by atoms with Crippen molar-refractivity contribution in [2.75, 3.05) is 26.0 Å². The lowest BCUT2D eigenvalue weighted by Gasteiger charge is -2.20. The van der Waals surface area contributed by atoms with Gasteiger partial charge in [-0.1, -0.05) is 36.4 Å². The summed E-state index contributed by atoms with van der Waals surface area (Å²) < 4.78 is 29.9. The van der Waals surface area contributed by atoms with Gasteiger partial charge in [0.05, 0.1) is 16.8 Å². The Morgan fingerprint density at radius 1 is 1.07 bits per heavy atom. The summed E-state index contributed by atoms with van der Waals surface area (Å²) in [7, 11) is -1.80. The van der Waals surface area contributed by atoms with Gasteiger partial charge in [-0.3, -0.25) is 0 Å². The molecule has 4 nitrogen and oxygen atoms in total. The number of likely N-dealkylation sites (tertiary alicyclic amines) is 1. The summed E-state index contributed by atoms with van der Waals surface area (Å²) in [6, 6.07) is 16.5. The second-order valence-corrected chi connectivity index (χ2v) is 9.86. The van der Waals surface area contributed by atoms with Gasteiger partial charge in [0.15, 0.2) is 9.84 Å². The lowest BCUT2D eigenvalue weighted by molar-refractivity contribution is 0.136. The largest absolute Gasteiger partial charge is 0.381 e. The molecule has 0 amide bonds. The zero-order valence-electron chi connectivity index (χ0n) is 17.1. The van der Waals surface area contributed by atoms with E-state index in [2.05, 4.69) is 36.1 Å². The van der Waals surface area contributed by atoms with Gasteiger partial charge in [0.1, 0.15) is 0 Å². The van der Waals surface area contributed by atoms with Crippen LogP contribution in [0.3, 0.4) is 0 Å². The van der Waals surface area contributed by atoms with Crippen LogP contribution in [0.15, 0.2) is 53.4 Å². The van der Waals surface area contributed by atoms with Gasteiger partial charge in [-0.15, -0.1) is 0 Å². The predicted octanol–water partition coefficient (Wildman–Crippen LogP) is 4.19. The van der Waals surface area contributed by atoms with Crippen molar-refractivity contribution in [2.24, 2.45) is 0 Å². The number of sulfone groups is 1. The molecule has 1 aliphatic heterocycles. The van der Waals surface area contributed by atoms with Gasteiger partial charge in [-0.25, -0.2) is 8.42 Å². The Labute approximate surface area is 169 Å². The molecule has 2 aromatic rings. The van der Waals surface area contributed by atoms with E-state index in [-0.39, 0.29) is 11.9 Å². The smallest absolute Gasteiger partial charge is 0.180 e. The Kier molecular flexibility index (Phi) is 6.91. The molecular weight excluding hydrogens is 370 g/mol. The monoisotopic (exact) mass is 401 g/mol. The highest BCUT2D eigenvalue weighted by Crippen LogP contribution is 2.23. The Balaban J connectivity index is 1.64. The first-order valence-electron chi connectivity index (χ1n) is 10.1. The summed E-state index contributed by atoms with van der Waals surface area (Å²) in [5.41, 5.74) is 3.47. The molecule has 0 aliphatic carbocycles. The van der Waals surface area contributed by atoms with Crippen LogP contribution in [-0.2, 0) is 21.0 Å². The number of methoxy groups -OCH3 is 1. The fraction of sp³-hybridized carbons (Fsp3) is 0.478. The number of hydrogen-bond acceptors (Lipinski definition) is 4. The average molecular weight is 402 g/mol. The molecule has 0 N–H and O–H groups in total. The Bertz CT molecular complexity index is 860. The molecule has 5 heteroatoms. The molecule has 2 unspecified atom stereocenters. The lowest BCUT2D eigenvalue weighted by atomic mass is 10.0. The van der Waals surface area contributed by atoms with E-state index in [0.717, 1.165) is 24.1 Å². The number of benzene rings is 2. The normalized spacial score (nSPS) is 19.0. The van der Waals surface area contributed by atoms with Crippen molar-refractivity contribution in [2.45, 2.75) is 50.2 Å². The molecule has 0 bridgehead atoms. The van der Waals surface area contributed by atoms with Crippen LogP contribution in [-0.4, -0.2) is 51.4 Å². The second kappa shape index (κ2) is 9.21. The lowest BCUT2D eigenvalue weighted by Crippen LogP contribution is -2.28. The quantitative estimate of drug-likeness (QED) is 0.665. The van der Waals surface area contributed by atoms with Gasteiger partial charge >= 0.3 is 0 Å². The highest BCUT2D eigenvalue weighted by atomic mass is 32.2. The fourth-order valence-corrected chi connectivity index (χ4v) is 5.29. The van der Waals surface area contributed by atoms with E-state index >= 15 is 0 Å². The van der Waals surface area contributed by atoms with Crippen LogP contribution in [0.5, 0.6) is 0 Å². The van der Waals surface area contributed by atoms with Gasteiger partial charge < -0.3 is 9.64 Å². The molecule has 2 aromatic carbocycles. The maximum Gasteiger partial charge on any atom is 0.180 e. The summed E-state index contributed by atoms with van der Waals surface area (Å²) in [5, 5.41) is 0. The third kappa shape index (κ3) is 5.22. The van der Waals surface area contributed by atoms with Crippen molar-refractivity contribution < 1.29 is 13.2 Å². The molecule has 1 heterocycles. The van der Waals surface area contributed by atoms with Gasteiger partial charge in [0.2, 0.25) is 0 Å². The summed E-state index contributed by atoms with van der Waals surface area (Å²) in [6.45, 7) is 6.42. The van der Waals surface area contributed by atoms with Crippen LogP contribution in [0, 0.1) is 0 Å². The number of ether oxygens (including phenoxy) is 1. The van der Waals surface area contributed by atoms with Gasteiger partial charge in [-0.05, 0) is 68.5 Å². The topological polar surface area (TPSA) is 46.6 Å². The van der Waals surface area contributed by atoms with Crippen LogP contribution in [0.4, 0.5) is 0 Å². The van der Waals surface area contributed by atoms with E-state index in [1.807, 2.05) is 12.1 Å². The molecular formula is C23H31NO3S. The van der Waals surface area contributed by atoms with Crippen molar-refractivity contribution in [3.63, 3.8) is 0 Å². The average Bonchev–Trinajstić information content (AvgIpc) is 3.11. The standard InChI is InChI=1S/C23H31NO3S/c1-18-5-4-15-24(18)16-14-20-6-8-21(9-7-20)22-10-12-23(13-11-22)28(25,26)17-19(2)27-3/h6-13,18-19H,4-5,14-17H2,1-3H3. The molecule has 0 aromatic heterocycles.